The molecule has 2 aromatic carbocycles. The standard InChI is InChI=1S/C18H17F3N2O3S/c1-12(24)13-2-4-14(5-3-13)22-8-10-23(11-9-22)27(25,26)16-7-6-15(19)17(20)18(16)21/h2-7H,8-11H2,1H3. The van der Waals surface area contributed by atoms with E-state index in [1.807, 2.05) is 4.90 Å². The number of sulfonamides is 1. The van der Waals surface area contributed by atoms with E-state index in [0.717, 1.165) is 16.1 Å². The number of nitrogens with zero attached hydrogens (tertiary/aromatic N) is 2. The van der Waals surface area contributed by atoms with Gasteiger partial charge in [-0.15, -0.1) is 0 Å². The topological polar surface area (TPSA) is 57.7 Å². The minimum absolute atomic E-state index is 0.0500. The highest BCUT2D eigenvalue weighted by atomic mass is 32.2. The van der Waals surface area contributed by atoms with E-state index < -0.39 is 32.4 Å². The van der Waals surface area contributed by atoms with Crippen molar-refractivity contribution in [2.24, 2.45) is 0 Å². The highest BCUT2D eigenvalue weighted by Crippen LogP contribution is 2.25. The number of halogens is 3. The van der Waals surface area contributed by atoms with Crippen LogP contribution in [0.4, 0.5) is 18.9 Å². The summed E-state index contributed by atoms with van der Waals surface area (Å²) < 4.78 is 66.5. The van der Waals surface area contributed by atoms with Gasteiger partial charge in [-0.1, -0.05) is 0 Å². The van der Waals surface area contributed by atoms with Crippen molar-refractivity contribution in [1.82, 2.24) is 4.31 Å². The van der Waals surface area contributed by atoms with Gasteiger partial charge in [-0.3, -0.25) is 4.79 Å². The number of piperazine rings is 1. The molecule has 0 unspecified atom stereocenters. The van der Waals surface area contributed by atoms with Gasteiger partial charge in [0.2, 0.25) is 10.0 Å². The van der Waals surface area contributed by atoms with Gasteiger partial charge in [0, 0.05) is 37.4 Å². The Kier molecular flexibility index (Phi) is 5.25. The lowest BCUT2D eigenvalue weighted by molar-refractivity contribution is 0.101. The molecule has 9 heteroatoms. The summed E-state index contributed by atoms with van der Waals surface area (Å²) in [6.45, 7) is 2.27. The van der Waals surface area contributed by atoms with E-state index in [1.165, 1.54) is 6.92 Å². The largest absolute Gasteiger partial charge is 0.369 e. The van der Waals surface area contributed by atoms with E-state index >= 15 is 0 Å². The van der Waals surface area contributed by atoms with Crippen LogP contribution in [0.1, 0.15) is 17.3 Å². The third-order valence-corrected chi connectivity index (χ3v) is 6.41. The van der Waals surface area contributed by atoms with Gasteiger partial charge < -0.3 is 4.90 Å². The summed E-state index contributed by atoms with van der Waals surface area (Å²) in [5.41, 5.74) is 1.41. The van der Waals surface area contributed by atoms with Crippen LogP contribution in [0.25, 0.3) is 0 Å². The first-order valence-electron chi connectivity index (χ1n) is 8.21. The number of rotatable bonds is 4. The quantitative estimate of drug-likeness (QED) is 0.587. The minimum atomic E-state index is -4.28. The van der Waals surface area contributed by atoms with Gasteiger partial charge in [0.15, 0.2) is 23.2 Å². The lowest BCUT2D eigenvalue weighted by atomic mass is 10.1. The van der Waals surface area contributed by atoms with E-state index in [4.69, 9.17) is 0 Å². The van der Waals surface area contributed by atoms with Crippen LogP contribution in [0.5, 0.6) is 0 Å². The number of benzene rings is 2. The van der Waals surface area contributed by atoms with Crippen molar-refractivity contribution in [2.45, 2.75) is 11.8 Å². The summed E-state index contributed by atoms with van der Waals surface area (Å²) in [5.74, 6) is -5.01. The molecule has 0 N–H and O–H groups in total. The first-order valence-corrected chi connectivity index (χ1v) is 9.65. The molecule has 0 atom stereocenters. The number of ketones is 1. The Morgan fingerprint density at radius 3 is 2.04 bits per heavy atom. The Morgan fingerprint density at radius 2 is 1.48 bits per heavy atom. The first kappa shape index (κ1) is 19.4. The Morgan fingerprint density at radius 1 is 0.889 bits per heavy atom. The van der Waals surface area contributed by atoms with E-state index in [-0.39, 0.29) is 18.9 Å². The predicted molar refractivity (Wildman–Crippen MR) is 93.7 cm³/mol. The molecule has 3 rings (SSSR count). The zero-order valence-corrected chi connectivity index (χ0v) is 15.3. The highest BCUT2D eigenvalue weighted by Gasteiger charge is 2.32. The number of hydrogen-bond donors (Lipinski definition) is 0. The van der Waals surface area contributed by atoms with Crippen molar-refractivity contribution < 1.29 is 26.4 Å². The fourth-order valence-corrected chi connectivity index (χ4v) is 4.42. The molecule has 1 saturated heterocycles. The molecule has 5 nitrogen and oxygen atoms in total. The summed E-state index contributed by atoms with van der Waals surface area (Å²) in [4.78, 5) is 12.4. The highest BCUT2D eigenvalue weighted by molar-refractivity contribution is 7.89. The summed E-state index contributed by atoms with van der Waals surface area (Å²) in [5, 5.41) is 0. The molecule has 1 heterocycles. The third-order valence-electron chi connectivity index (χ3n) is 4.50. The van der Waals surface area contributed by atoms with Crippen LogP contribution >= 0.6 is 0 Å². The van der Waals surface area contributed by atoms with E-state index in [1.54, 1.807) is 24.3 Å². The second-order valence-electron chi connectivity index (χ2n) is 6.17. The third kappa shape index (κ3) is 3.70. The monoisotopic (exact) mass is 398 g/mol. The van der Waals surface area contributed by atoms with Crippen LogP contribution in [0.15, 0.2) is 41.3 Å². The molecular formula is C18H17F3N2O3S. The lowest BCUT2D eigenvalue weighted by Crippen LogP contribution is -2.48. The Bertz CT molecular complexity index is 970. The van der Waals surface area contributed by atoms with E-state index in [0.29, 0.717) is 24.7 Å². The number of hydrogen-bond acceptors (Lipinski definition) is 4. The maximum atomic E-state index is 13.9. The van der Waals surface area contributed by atoms with Crippen LogP contribution in [0, 0.1) is 17.5 Å². The smallest absolute Gasteiger partial charge is 0.246 e. The van der Waals surface area contributed by atoms with Crippen molar-refractivity contribution in [3.8, 4) is 0 Å². The van der Waals surface area contributed by atoms with Crippen LogP contribution < -0.4 is 4.90 Å². The van der Waals surface area contributed by atoms with E-state index in [2.05, 4.69) is 0 Å². The molecule has 1 fully saturated rings. The molecule has 0 spiro atoms. The zero-order valence-electron chi connectivity index (χ0n) is 14.5. The first-order chi connectivity index (χ1) is 12.7. The number of carbonyl (C=O) groups is 1. The average molecular weight is 398 g/mol. The van der Waals surface area contributed by atoms with Gasteiger partial charge in [0.05, 0.1) is 0 Å². The van der Waals surface area contributed by atoms with Gasteiger partial charge >= 0.3 is 0 Å². The van der Waals surface area contributed by atoms with E-state index in [9.17, 15) is 26.4 Å². The molecule has 1 aliphatic rings. The second kappa shape index (κ2) is 7.32. The lowest BCUT2D eigenvalue weighted by Gasteiger charge is -2.35. The summed E-state index contributed by atoms with van der Waals surface area (Å²) >= 11 is 0. The van der Waals surface area contributed by atoms with Gasteiger partial charge in [0.25, 0.3) is 0 Å². The molecule has 0 bridgehead atoms. The van der Waals surface area contributed by atoms with Gasteiger partial charge in [-0.25, -0.2) is 21.6 Å². The molecular weight excluding hydrogens is 381 g/mol. The van der Waals surface area contributed by atoms with Crippen molar-refractivity contribution in [3.63, 3.8) is 0 Å². The predicted octanol–water partition coefficient (Wildman–Crippen LogP) is 2.82. The minimum Gasteiger partial charge on any atom is -0.369 e. The molecule has 27 heavy (non-hydrogen) atoms. The van der Waals surface area contributed by atoms with Crippen molar-refractivity contribution >= 4 is 21.5 Å². The fraction of sp³-hybridized carbons (Fsp3) is 0.278. The van der Waals surface area contributed by atoms with Crippen molar-refractivity contribution in [2.75, 3.05) is 31.1 Å². The normalized spacial score (nSPS) is 15.8. The summed E-state index contributed by atoms with van der Waals surface area (Å²) in [6, 6.07) is 8.26. The van der Waals surface area contributed by atoms with Crippen LogP contribution in [0.3, 0.4) is 0 Å². The fourth-order valence-electron chi connectivity index (χ4n) is 2.94. The molecule has 144 valence electrons. The van der Waals surface area contributed by atoms with Gasteiger partial charge in [-0.2, -0.15) is 4.31 Å². The zero-order chi connectivity index (χ0) is 19.8. The average Bonchev–Trinajstić information content (AvgIpc) is 2.66. The Balaban J connectivity index is 1.75. The maximum absolute atomic E-state index is 13.9. The van der Waals surface area contributed by atoms with Crippen LogP contribution in [0.2, 0.25) is 0 Å². The number of carbonyl (C=O) groups excluding carboxylic acids is 1. The Labute approximate surface area is 155 Å². The molecule has 0 amide bonds. The SMILES string of the molecule is CC(=O)c1ccc(N2CCN(S(=O)(=O)c3ccc(F)c(F)c3F)CC2)cc1. The summed E-state index contributed by atoms with van der Waals surface area (Å²) in [6.07, 6.45) is 0. The number of anilines is 1. The van der Waals surface area contributed by atoms with Crippen LogP contribution in [-0.4, -0.2) is 44.7 Å². The number of Topliss-reactive ketones (excluding diaryl/α,β-unsaturated/α-hetero) is 1. The molecule has 2 aromatic rings. The second-order valence-corrected chi connectivity index (χ2v) is 8.07. The molecule has 1 aliphatic heterocycles. The van der Waals surface area contributed by atoms with Crippen molar-refractivity contribution in [3.05, 3.63) is 59.4 Å². The Hall–Kier alpha value is -2.39. The molecule has 0 aliphatic carbocycles. The van der Waals surface area contributed by atoms with Crippen LogP contribution in [-0.2, 0) is 10.0 Å². The van der Waals surface area contributed by atoms with Gasteiger partial charge in [0.1, 0.15) is 4.90 Å². The molecule has 0 saturated carbocycles. The summed E-state index contributed by atoms with van der Waals surface area (Å²) in [7, 11) is -4.28. The molecule has 0 radical (unpaired) electrons. The van der Waals surface area contributed by atoms with Gasteiger partial charge in [-0.05, 0) is 43.3 Å². The van der Waals surface area contributed by atoms with Crippen molar-refractivity contribution in [1.29, 1.82) is 0 Å². The maximum Gasteiger partial charge on any atom is 0.246 e. The molecule has 0 aromatic heterocycles.